The number of hydrogen-bond acceptors (Lipinski definition) is 13. The monoisotopic (exact) mass is 740 g/mol. The van der Waals surface area contributed by atoms with Gasteiger partial charge in [-0.2, -0.15) is 0 Å². The van der Waals surface area contributed by atoms with E-state index in [1.807, 2.05) is 0 Å². The molecule has 0 bridgehead atoms. The Morgan fingerprint density at radius 3 is 2.06 bits per heavy atom. The third-order valence-electron chi connectivity index (χ3n) is 16.2. The van der Waals surface area contributed by atoms with Crippen molar-refractivity contribution >= 4 is 0 Å². The Kier molecular flexibility index (Phi) is 10.4. The smallest absolute Gasteiger partial charge is 0.187 e. The molecule has 4 aliphatic carbocycles. The van der Waals surface area contributed by atoms with Crippen molar-refractivity contribution in [3.8, 4) is 0 Å². The van der Waals surface area contributed by atoms with Gasteiger partial charge in [-0.1, -0.05) is 27.7 Å². The molecule has 1 spiro atoms. The van der Waals surface area contributed by atoms with Gasteiger partial charge in [0.2, 0.25) is 0 Å². The first-order valence-electron chi connectivity index (χ1n) is 20.3. The van der Waals surface area contributed by atoms with E-state index < -0.39 is 80.4 Å². The fourth-order valence-electron chi connectivity index (χ4n) is 13.2. The van der Waals surface area contributed by atoms with Crippen LogP contribution in [-0.4, -0.2) is 135 Å². The largest absolute Gasteiger partial charge is 0.394 e. The van der Waals surface area contributed by atoms with Crippen molar-refractivity contribution in [2.45, 2.75) is 171 Å². The molecule has 4 aliphatic heterocycles. The normalized spacial score (nSPS) is 59.0. The second-order valence-electron chi connectivity index (χ2n) is 18.7. The van der Waals surface area contributed by atoms with E-state index in [2.05, 4.69) is 27.7 Å². The standard InChI is InChI=1S/C39H64O13/c1-18-7-12-39(47-17-18)19(2)28-25(52-39)14-24-22-6-5-20-13-21(8-10-37(20,3)23(22)9-11-38(24,28)4)48-36-34(32(45)30(43)27(16-41)50-36)51-35-33(46)31(44)29(42)26(15-40)49-35/h18-36,40-46H,5-17H2,1-4H3/t18-,19+,20-,21+,22-,23+,24+,25+,26-,27-,28+,29+,30-,31+,32+,33-,34-,35+,36-,37+,38+,39-/m1/s1. The summed E-state index contributed by atoms with van der Waals surface area (Å²) in [6, 6.07) is 0. The topological polar surface area (TPSA) is 197 Å². The van der Waals surface area contributed by atoms with Gasteiger partial charge in [-0.3, -0.25) is 0 Å². The molecule has 7 N–H and O–H groups in total. The van der Waals surface area contributed by atoms with Crippen LogP contribution in [0.3, 0.4) is 0 Å². The molecule has 52 heavy (non-hydrogen) atoms. The first-order valence-corrected chi connectivity index (χ1v) is 20.3. The van der Waals surface area contributed by atoms with Crippen molar-refractivity contribution in [2.24, 2.45) is 52.3 Å². The molecule has 0 radical (unpaired) electrons. The Morgan fingerprint density at radius 2 is 1.37 bits per heavy atom. The second kappa shape index (κ2) is 14.1. The molecule has 4 heterocycles. The van der Waals surface area contributed by atoms with Gasteiger partial charge in [0.25, 0.3) is 0 Å². The van der Waals surface area contributed by atoms with Gasteiger partial charge in [0.15, 0.2) is 18.4 Å². The zero-order chi connectivity index (χ0) is 36.9. The van der Waals surface area contributed by atoms with Gasteiger partial charge in [0.1, 0.15) is 48.8 Å². The lowest BCUT2D eigenvalue weighted by Gasteiger charge is -2.61. The molecular formula is C39H64O13. The Bertz CT molecular complexity index is 1260. The summed E-state index contributed by atoms with van der Waals surface area (Å²) < 4.78 is 37.5. The minimum absolute atomic E-state index is 0.168. The molecule has 8 rings (SSSR count). The molecule has 0 unspecified atom stereocenters. The van der Waals surface area contributed by atoms with Crippen LogP contribution in [0.2, 0.25) is 0 Å². The van der Waals surface area contributed by atoms with Crippen molar-refractivity contribution in [3.63, 3.8) is 0 Å². The van der Waals surface area contributed by atoms with Crippen LogP contribution in [0.15, 0.2) is 0 Å². The average molecular weight is 741 g/mol. The minimum Gasteiger partial charge on any atom is -0.394 e. The number of aliphatic hydroxyl groups is 7. The molecule has 0 aromatic rings. The predicted molar refractivity (Wildman–Crippen MR) is 183 cm³/mol. The highest BCUT2D eigenvalue weighted by molar-refractivity contribution is 5.15. The van der Waals surface area contributed by atoms with E-state index in [1.165, 1.54) is 25.7 Å². The van der Waals surface area contributed by atoms with Crippen LogP contribution in [0.4, 0.5) is 0 Å². The van der Waals surface area contributed by atoms with Gasteiger partial charge in [-0.05, 0) is 104 Å². The summed E-state index contributed by atoms with van der Waals surface area (Å²) in [6.45, 7) is 9.33. The van der Waals surface area contributed by atoms with Crippen LogP contribution in [-0.2, 0) is 28.4 Å². The predicted octanol–water partition coefficient (Wildman–Crippen LogP) is 1.44. The number of ether oxygens (including phenoxy) is 6. The van der Waals surface area contributed by atoms with Crippen LogP contribution < -0.4 is 0 Å². The van der Waals surface area contributed by atoms with Gasteiger partial charge in [0.05, 0.1) is 32.0 Å². The first-order chi connectivity index (χ1) is 24.7. The molecule has 8 fully saturated rings. The van der Waals surface area contributed by atoms with E-state index in [1.54, 1.807) is 0 Å². The number of hydrogen-bond donors (Lipinski definition) is 7. The summed E-state index contributed by atoms with van der Waals surface area (Å²) in [6.07, 6.45) is -3.88. The van der Waals surface area contributed by atoms with Gasteiger partial charge >= 0.3 is 0 Å². The van der Waals surface area contributed by atoms with Crippen molar-refractivity contribution in [1.82, 2.24) is 0 Å². The van der Waals surface area contributed by atoms with Crippen LogP contribution >= 0.6 is 0 Å². The maximum atomic E-state index is 11.1. The van der Waals surface area contributed by atoms with Crippen LogP contribution in [0.25, 0.3) is 0 Å². The lowest BCUT2D eigenvalue weighted by atomic mass is 9.44. The number of rotatable bonds is 6. The lowest BCUT2D eigenvalue weighted by Crippen LogP contribution is -2.65. The molecule has 22 atom stereocenters. The first kappa shape index (κ1) is 38.4. The molecule has 13 nitrogen and oxygen atoms in total. The van der Waals surface area contributed by atoms with E-state index >= 15 is 0 Å². The highest BCUT2D eigenvalue weighted by atomic mass is 16.8. The second-order valence-corrected chi connectivity index (χ2v) is 18.7. The average Bonchev–Trinajstić information content (AvgIpc) is 3.58. The van der Waals surface area contributed by atoms with Crippen molar-refractivity contribution in [3.05, 3.63) is 0 Å². The third-order valence-corrected chi connectivity index (χ3v) is 16.2. The Balaban J connectivity index is 0.942. The fraction of sp³-hybridized carbons (Fsp3) is 1.00. The maximum Gasteiger partial charge on any atom is 0.187 e. The SMILES string of the molecule is C[C@@H]1CC[C@@]2(OC1)O[C@H]1C[C@H]3[C@@H]4CC[C@@H]5C[C@@H](O[C@@H]6O[C@H](CO)[C@@H](O)[C@H](O)[C@H]6O[C@@H]6O[C@H](CO)[C@H](O)[C@H](O)[C@H]6O)CC[C@]5(C)[C@H]4CC[C@]3(C)[C@H]1[C@@H]2C. The highest BCUT2D eigenvalue weighted by Crippen LogP contribution is 2.71. The van der Waals surface area contributed by atoms with Gasteiger partial charge < -0.3 is 64.2 Å². The van der Waals surface area contributed by atoms with E-state index in [9.17, 15) is 35.7 Å². The summed E-state index contributed by atoms with van der Waals surface area (Å²) in [5, 5.41) is 72.7. The zero-order valence-corrected chi connectivity index (χ0v) is 31.2. The van der Waals surface area contributed by atoms with Gasteiger partial charge in [-0.25, -0.2) is 0 Å². The van der Waals surface area contributed by atoms with Crippen LogP contribution in [0.1, 0.15) is 91.9 Å². The fourth-order valence-corrected chi connectivity index (χ4v) is 13.2. The van der Waals surface area contributed by atoms with E-state index in [0.29, 0.717) is 41.4 Å². The Morgan fingerprint density at radius 1 is 0.673 bits per heavy atom. The molecule has 4 saturated heterocycles. The third kappa shape index (κ3) is 5.98. The molecular weight excluding hydrogens is 676 g/mol. The van der Waals surface area contributed by atoms with Crippen LogP contribution in [0, 0.1) is 52.3 Å². The number of fused-ring (bicyclic) bond motifs is 7. The van der Waals surface area contributed by atoms with E-state index in [-0.39, 0.29) is 23.0 Å². The van der Waals surface area contributed by atoms with Crippen molar-refractivity contribution in [1.29, 1.82) is 0 Å². The molecule has 0 amide bonds. The number of aliphatic hydroxyl groups excluding tert-OH is 7. The van der Waals surface area contributed by atoms with Crippen molar-refractivity contribution < 1.29 is 64.2 Å². The molecule has 13 heteroatoms. The van der Waals surface area contributed by atoms with E-state index in [4.69, 9.17) is 28.4 Å². The van der Waals surface area contributed by atoms with Gasteiger partial charge in [0, 0.05) is 12.3 Å². The van der Waals surface area contributed by atoms with Crippen molar-refractivity contribution in [2.75, 3.05) is 19.8 Å². The minimum atomic E-state index is -1.71. The lowest BCUT2D eigenvalue weighted by molar-refractivity contribution is -0.373. The van der Waals surface area contributed by atoms with Gasteiger partial charge in [-0.15, -0.1) is 0 Å². The molecule has 4 saturated carbocycles. The summed E-state index contributed by atoms with van der Waals surface area (Å²) >= 11 is 0. The molecule has 298 valence electrons. The van der Waals surface area contributed by atoms with Crippen LogP contribution in [0.5, 0.6) is 0 Å². The summed E-state index contributed by atoms with van der Waals surface area (Å²) in [4.78, 5) is 0. The Hall–Kier alpha value is -0.520. The molecule has 0 aromatic carbocycles. The van der Waals surface area contributed by atoms with E-state index in [0.717, 1.165) is 45.1 Å². The zero-order valence-electron chi connectivity index (χ0n) is 31.2. The molecule has 8 aliphatic rings. The highest BCUT2D eigenvalue weighted by Gasteiger charge is 2.69. The maximum absolute atomic E-state index is 11.1. The summed E-state index contributed by atoms with van der Waals surface area (Å²) in [7, 11) is 0. The Labute approximate surface area is 307 Å². The quantitative estimate of drug-likeness (QED) is 0.194. The summed E-state index contributed by atoms with van der Waals surface area (Å²) in [5.74, 6) is 3.51. The summed E-state index contributed by atoms with van der Waals surface area (Å²) in [5.41, 5.74) is 0.425. The molecule has 0 aromatic heterocycles.